The Bertz CT molecular complexity index is 1380. The predicted octanol–water partition coefficient (Wildman–Crippen LogP) is 6.27. The van der Waals surface area contributed by atoms with E-state index in [4.69, 9.17) is 0 Å². The van der Waals surface area contributed by atoms with Gasteiger partial charge < -0.3 is 9.13 Å². The molecule has 0 unspecified atom stereocenters. The molecule has 0 saturated carbocycles. The summed E-state index contributed by atoms with van der Waals surface area (Å²) >= 11 is 0. The van der Waals surface area contributed by atoms with Crippen molar-refractivity contribution in [3.8, 4) is 17.1 Å². The van der Waals surface area contributed by atoms with Crippen LogP contribution in [0.5, 0.6) is 0 Å². The molecule has 0 fully saturated rings. The number of hydrogen-bond donors (Lipinski definition) is 0. The van der Waals surface area contributed by atoms with Gasteiger partial charge in [-0.05, 0) is 11.5 Å². The Balaban J connectivity index is 0.000000164. The molecule has 32 heavy (non-hydrogen) atoms. The third-order valence-electron chi connectivity index (χ3n) is 5.20. The van der Waals surface area contributed by atoms with E-state index in [1.165, 1.54) is 16.3 Å². The molecule has 6 aromatic rings. The zero-order valence-corrected chi connectivity index (χ0v) is 19.7. The number of para-hydroxylation sites is 3. The summed E-state index contributed by atoms with van der Waals surface area (Å²) in [5, 5.41) is 2.49. The average Bonchev–Trinajstić information content (AvgIpc) is 3.42. The van der Waals surface area contributed by atoms with Gasteiger partial charge in [0, 0.05) is 46.0 Å². The van der Waals surface area contributed by atoms with Gasteiger partial charge in [0.25, 0.3) is 0 Å². The van der Waals surface area contributed by atoms with E-state index < -0.39 is 0 Å². The zero-order chi connectivity index (χ0) is 21.0. The first-order chi connectivity index (χ1) is 15.3. The van der Waals surface area contributed by atoms with E-state index in [1.54, 1.807) is 6.20 Å². The van der Waals surface area contributed by atoms with Crippen molar-refractivity contribution in [2.45, 2.75) is 0 Å². The molecule has 6 rings (SSSR count). The number of aryl methyl sites for hydroxylation is 1. The fraction of sp³-hybridized carbons (Fsp3) is 0.0357. The van der Waals surface area contributed by atoms with Crippen LogP contribution < -0.4 is 0 Å². The van der Waals surface area contributed by atoms with Crippen LogP contribution in [-0.2, 0) is 28.1 Å². The van der Waals surface area contributed by atoms with Crippen molar-refractivity contribution in [1.82, 2.24) is 14.1 Å². The normalized spacial score (nSPS) is 10.4. The van der Waals surface area contributed by atoms with Gasteiger partial charge in [-0.15, -0.1) is 47.3 Å². The third-order valence-corrected chi connectivity index (χ3v) is 5.20. The van der Waals surface area contributed by atoms with Gasteiger partial charge in [-0.1, -0.05) is 29.4 Å². The third kappa shape index (κ3) is 4.17. The van der Waals surface area contributed by atoms with E-state index in [2.05, 4.69) is 64.1 Å². The Labute approximate surface area is 202 Å². The molecule has 3 nitrogen and oxygen atoms in total. The fourth-order valence-electron chi connectivity index (χ4n) is 3.78. The van der Waals surface area contributed by atoms with Crippen LogP contribution in [0.1, 0.15) is 0 Å². The van der Waals surface area contributed by atoms with E-state index in [-0.39, 0.29) is 21.1 Å². The maximum Gasteiger partial charge on any atom is 0.0555 e. The molecular formula is C28H20N3Pt-3. The van der Waals surface area contributed by atoms with E-state index in [0.717, 1.165) is 22.6 Å². The number of benzene rings is 4. The fourth-order valence-corrected chi connectivity index (χ4v) is 3.78. The molecule has 0 aliphatic carbocycles. The van der Waals surface area contributed by atoms with Crippen LogP contribution in [-0.4, -0.2) is 14.1 Å². The van der Waals surface area contributed by atoms with E-state index in [9.17, 15) is 0 Å². The minimum atomic E-state index is 0. The van der Waals surface area contributed by atoms with Gasteiger partial charge in [0.1, 0.15) is 0 Å². The van der Waals surface area contributed by atoms with Crippen LogP contribution in [0.2, 0.25) is 0 Å². The molecule has 0 atom stereocenters. The van der Waals surface area contributed by atoms with Gasteiger partial charge in [0.15, 0.2) is 0 Å². The van der Waals surface area contributed by atoms with Crippen LogP contribution in [0.25, 0.3) is 38.9 Å². The maximum atomic E-state index is 4.22. The summed E-state index contributed by atoms with van der Waals surface area (Å²) in [7, 11) is 1.98. The summed E-state index contributed by atoms with van der Waals surface area (Å²) in [4.78, 5) is 4.22. The van der Waals surface area contributed by atoms with Crippen molar-refractivity contribution >= 4 is 21.8 Å². The van der Waals surface area contributed by atoms with Crippen molar-refractivity contribution in [2.75, 3.05) is 0 Å². The average molecular weight is 594 g/mol. The molecule has 0 N–H and O–H groups in total. The van der Waals surface area contributed by atoms with Crippen LogP contribution in [0.15, 0.2) is 103 Å². The number of fused-ring (bicyclic) bond motifs is 3. The standard InChI is InChI=1S/C18H11N.C10H9N2.Pt/c1-2-8-14(9-3-1)19-17-12-6-4-10-15(17)16-11-5-7-13-18(16)19;1-12-8-7-11-10(12)9-5-3-2-4-6-9;/h1-8,10-12H;2-5,7-8H,1H3;/q-2;-1;. The molecule has 0 radical (unpaired) electrons. The second kappa shape index (κ2) is 9.80. The molecular weight excluding hydrogens is 573 g/mol. The molecule has 0 spiro atoms. The largest absolute Gasteiger partial charge is 0.373 e. The summed E-state index contributed by atoms with van der Waals surface area (Å²) in [5.41, 5.74) is 4.38. The first-order valence-corrected chi connectivity index (χ1v) is 10.1. The first kappa shape index (κ1) is 21.8. The van der Waals surface area contributed by atoms with Crippen molar-refractivity contribution < 1.29 is 21.1 Å². The number of nitrogens with zero attached hydrogens (tertiary/aromatic N) is 3. The molecule has 0 bridgehead atoms. The van der Waals surface area contributed by atoms with Crippen molar-refractivity contribution in [3.05, 3.63) is 122 Å². The summed E-state index contributed by atoms with van der Waals surface area (Å²) in [5.74, 6) is 0.954. The molecule has 0 saturated heterocycles. The molecule has 0 aliphatic rings. The minimum Gasteiger partial charge on any atom is -0.373 e. The smallest absolute Gasteiger partial charge is 0.0555 e. The summed E-state index contributed by atoms with van der Waals surface area (Å²) in [6.07, 6.45) is 3.71. The Hall–Kier alpha value is -3.42. The second-order valence-electron chi connectivity index (χ2n) is 7.17. The van der Waals surface area contributed by atoms with Gasteiger partial charge in [0.2, 0.25) is 0 Å². The minimum absolute atomic E-state index is 0. The van der Waals surface area contributed by atoms with Crippen LogP contribution >= 0.6 is 0 Å². The monoisotopic (exact) mass is 593 g/mol. The molecule has 0 aliphatic heterocycles. The van der Waals surface area contributed by atoms with Crippen LogP contribution in [0, 0.1) is 18.2 Å². The van der Waals surface area contributed by atoms with E-state index >= 15 is 0 Å². The van der Waals surface area contributed by atoms with Gasteiger partial charge in [-0.3, -0.25) is 4.98 Å². The molecule has 2 heterocycles. The van der Waals surface area contributed by atoms with Crippen molar-refractivity contribution in [3.63, 3.8) is 0 Å². The van der Waals surface area contributed by atoms with Gasteiger partial charge in [0.05, 0.1) is 5.82 Å². The molecule has 160 valence electrons. The Morgan fingerprint density at radius 2 is 1.44 bits per heavy atom. The molecule has 4 heteroatoms. The van der Waals surface area contributed by atoms with E-state index in [1.807, 2.05) is 72.4 Å². The Morgan fingerprint density at radius 3 is 2.16 bits per heavy atom. The number of imidazole rings is 1. The topological polar surface area (TPSA) is 22.8 Å². The van der Waals surface area contributed by atoms with Crippen LogP contribution in [0.3, 0.4) is 0 Å². The van der Waals surface area contributed by atoms with Crippen LogP contribution in [0.4, 0.5) is 0 Å². The number of aromatic nitrogens is 3. The molecule has 0 amide bonds. The number of hydrogen-bond acceptors (Lipinski definition) is 1. The van der Waals surface area contributed by atoms with E-state index in [0.29, 0.717) is 0 Å². The molecule has 2 aromatic heterocycles. The molecule has 4 aromatic carbocycles. The Morgan fingerprint density at radius 1 is 0.719 bits per heavy atom. The quantitative estimate of drug-likeness (QED) is 0.217. The first-order valence-electron chi connectivity index (χ1n) is 10.1. The summed E-state index contributed by atoms with van der Waals surface area (Å²) < 4.78 is 4.19. The van der Waals surface area contributed by atoms with Gasteiger partial charge in [-0.25, -0.2) is 0 Å². The SMILES string of the molecule is Cn1ccnc1-c1[c-]cccc1.[Pt].[c-]1ccccc1-n1c2[c-]cccc2c2ccccc21. The predicted molar refractivity (Wildman–Crippen MR) is 126 cm³/mol. The second-order valence-corrected chi connectivity index (χ2v) is 7.17. The Kier molecular flexibility index (Phi) is 6.68. The number of rotatable bonds is 2. The summed E-state index contributed by atoms with van der Waals surface area (Å²) in [6.45, 7) is 0. The van der Waals surface area contributed by atoms with Gasteiger partial charge >= 0.3 is 0 Å². The summed E-state index contributed by atoms with van der Waals surface area (Å²) in [6, 6.07) is 40.2. The van der Waals surface area contributed by atoms with Crippen molar-refractivity contribution in [2.24, 2.45) is 7.05 Å². The van der Waals surface area contributed by atoms with Crippen molar-refractivity contribution in [1.29, 1.82) is 0 Å². The van der Waals surface area contributed by atoms with Gasteiger partial charge in [-0.2, -0.15) is 48.5 Å². The zero-order valence-electron chi connectivity index (χ0n) is 17.5. The maximum absolute atomic E-state index is 4.22.